The number of isocyanates is 1. The quantitative estimate of drug-likeness (QED) is 0.463. The van der Waals surface area contributed by atoms with E-state index in [1.165, 1.54) is 6.08 Å². The molecule has 0 saturated carbocycles. The molecule has 0 aliphatic carbocycles. The summed E-state index contributed by atoms with van der Waals surface area (Å²) in [6.07, 6.45) is 1.52. The average molecular weight is 147 g/mol. The van der Waals surface area contributed by atoms with Crippen LogP contribution in [0.15, 0.2) is 29.3 Å². The van der Waals surface area contributed by atoms with Crippen molar-refractivity contribution in [2.24, 2.45) is 4.99 Å². The van der Waals surface area contributed by atoms with Gasteiger partial charge in [0.25, 0.3) is 0 Å². The van der Waals surface area contributed by atoms with Crippen LogP contribution in [0.2, 0.25) is 0 Å². The van der Waals surface area contributed by atoms with Gasteiger partial charge in [-0.15, -0.1) is 0 Å². The van der Waals surface area contributed by atoms with Crippen LogP contribution in [0, 0.1) is 6.92 Å². The summed E-state index contributed by atoms with van der Waals surface area (Å²) in [6.45, 7) is 2.44. The molecule has 0 fully saturated rings. The molecule has 0 amide bonds. The summed E-state index contributed by atoms with van der Waals surface area (Å²) < 4.78 is 0. The van der Waals surface area contributed by atoms with Gasteiger partial charge in [0.2, 0.25) is 6.08 Å². The summed E-state index contributed by atoms with van der Waals surface area (Å²) in [4.78, 5) is 13.3. The molecule has 0 N–H and O–H groups in total. The highest BCUT2D eigenvalue weighted by molar-refractivity contribution is 5.34. The zero-order valence-electron chi connectivity index (χ0n) is 6.37. The third-order valence-corrected chi connectivity index (χ3v) is 1.58. The minimum atomic E-state index is 0.441. The summed E-state index contributed by atoms with van der Waals surface area (Å²) in [5.41, 5.74) is 2.24. The number of rotatable bonds is 2. The van der Waals surface area contributed by atoms with Crippen molar-refractivity contribution in [3.8, 4) is 0 Å². The van der Waals surface area contributed by atoms with Crippen molar-refractivity contribution in [2.75, 3.05) is 0 Å². The van der Waals surface area contributed by atoms with E-state index in [1.807, 2.05) is 31.2 Å². The van der Waals surface area contributed by atoms with E-state index in [4.69, 9.17) is 0 Å². The minimum absolute atomic E-state index is 0.441. The minimum Gasteiger partial charge on any atom is -0.211 e. The van der Waals surface area contributed by atoms with Crippen molar-refractivity contribution >= 4 is 6.08 Å². The molecule has 11 heavy (non-hydrogen) atoms. The fraction of sp³-hybridized carbons (Fsp3) is 0.222. The highest BCUT2D eigenvalue weighted by Gasteiger charge is 1.92. The normalized spacial score (nSPS) is 8.82. The van der Waals surface area contributed by atoms with Crippen molar-refractivity contribution in [1.82, 2.24) is 0 Å². The predicted molar refractivity (Wildman–Crippen MR) is 43.0 cm³/mol. The lowest BCUT2D eigenvalue weighted by Crippen LogP contribution is -1.84. The average Bonchev–Trinajstić information content (AvgIpc) is 2.03. The lowest BCUT2D eigenvalue weighted by atomic mass is 10.1. The molecule has 0 radical (unpaired) electrons. The van der Waals surface area contributed by atoms with Crippen LogP contribution in [-0.4, -0.2) is 6.08 Å². The maximum atomic E-state index is 9.80. The first kappa shape index (κ1) is 7.70. The molecular formula is C9H9NO. The summed E-state index contributed by atoms with van der Waals surface area (Å²) in [6, 6.07) is 7.85. The van der Waals surface area contributed by atoms with Crippen molar-refractivity contribution in [1.29, 1.82) is 0 Å². The van der Waals surface area contributed by atoms with Crippen LogP contribution >= 0.6 is 0 Å². The van der Waals surface area contributed by atoms with Crippen LogP contribution in [0.25, 0.3) is 0 Å². The van der Waals surface area contributed by atoms with Crippen LogP contribution in [-0.2, 0) is 11.3 Å². The molecule has 0 bridgehead atoms. The molecule has 0 aliphatic rings. The lowest BCUT2D eigenvalue weighted by molar-refractivity contribution is 0.562. The number of benzene rings is 1. The van der Waals surface area contributed by atoms with Crippen LogP contribution in [0.5, 0.6) is 0 Å². The second kappa shape index (κ2) is 3.69. The lowest BCUT2D eigenvalue weighted by Gasteiger charge is -1.98. The molecule has 0 aliphatic heterocycles. The molecule has 0 atom stereocenters. The largest absolute Gasteiger partial charge is 0.235 e. The first-order valence-electron chi connectivity index (χ1n) is 3.42. The SMILES string of the molecule is Cc1ccccc1CN=C=O. The third kappa shape index (κ3) is 2.03. The number of hydrogen-bond acceptors (Lipinski definition) is 2. The molecule has 1 aromatic carbocycles. The Bertz CT molecular complexity index is 287. The number of aliphatic imine (C=N–C) groups is 1. The monoisotopic (exact) mass is 147 g/mol. The van der Waals surface area contributed by atoms with E-state index >= 15 is 0 Å². The van der Waals surface area contributed by atoms with Crippen LogP contribution in [0.4, 0.5) is 0 Å². The molecule has 0 saturated heterocycles. The van der Waals surface area contributed by atoms with Crippen molar-refractivity contribution in [3.63, 3.8) is 0 Å². The van der Waals surface area contributed by atoms with Crippen LogP contribution in [0.3, 0.4) is 0 Å². The molecular weight excluding hydrogens is 138 g/mol. The number of carbonyl (C=O) groups excluding carboxylic acids is 1. The van der Waals surface area contributed by atoms with Gasteiger partial charge in [-0.2, -0.15) is 0 Å². The topological polar surface area (TPSA) is 29.4 Å². The van der Waals surface area contributed by atoms with E-state index in [0.717, 1.165) is 11.1 Å². The van der Waals surface area contributed by atoms with Gasteiger partial charge in [-0.05, 0) is 18.1 Å². The number of hydrogen-bond donors (Lipinski definition) is 0. The second-order valence-electron chi connectivity index (χ2n) is 2.33. The van der Waals surface area contributed by atoms with Crippen LogP contribution in [0.1, 0.15) is 11.1 Å². The standard InChI is InChI=1S/C9H9NO/c1-8-4-2-3-5-9(8)6-10-7-11/h2-5H,6H2,1H3. The second-order valence-corrected chi connectivity index (χ2v) is 2.33. The van der Waals surface area contributed by atoms with Gasteiger partial charge in [-0.3, -0.25) is 0 Å². The van der Waals surface area contributed by atoms with E-state index in [0.29, 0.717) is 6.54 Å². The summed E-state index contributed by atoms with van der Waals surface area (Å²) >= 11 is 0. The van der Waals surface area contributed by atoms with Crippen LogP contribution < -0.4 is 0 Å². The number of aryl methyl sites for hydroxylation is 1. The van der Waals surface area contributed by atoms with Crippen molar-refractivity contribution < 1.29 is 4.79 Å². The van der Waals surface area contributed by atoms with E-state index in [9.17, 15) is 4.79 Å². The molecule has 1 aromatic rings. The summed E-state index contributed by atoms with van der Waals surface area (Å²) in [5.74, 6) is 0. The Balaban J connectivity index is 2.85. The smallest absolute Gasteiger partial charge is 0.211 e. The van der Waals surface area contributed by atoms with E-state index < -0.39 is 0 Å². The van der Waals surface area contributed by atoms with Gasteiger partial charge in [0.05, 0.1) is 6.54 Å². The van der Waals surface area contributed by atoms with Gasteiger partial charge < -0.3 is 0 Å². The highest BCUT2D eigenvalue weighted by Crippen LogP contribution is 2.07. The predicted octanol–water partition coefficient (Wildman–Crippen LogP) is 1.83. The number of nitrogens with zero attached hydrogens (tertiary/aromatic N) is 1. The molecule has 0 spiro atoms. The Morgan fingerprint density at radius 3 is 2.82 bits per heavy atom. The van der Waals surface area contributed by atoms with E-state index in [-0.39, 0.29) is 0 Å². The molecule has 0 unspecified atom stereocenters. The van der Waals surface area contributed by atoms with Gasteiger partial charge in [-0.25, -0.2) is 9.79 Å². The Morgan fingerprint density at radius 2 is 2.18 bits per heavy atom. The van der Waals surface area contributed by atoms with Gasteiger partial charge in [0.15, 0.2) is 0 Å². The molecule has 0 aromatic heterocycles. The Kier molecular flexibility index (Phi) is 2.59. The highest BCUT2D eigenvalue weighted by atomic mass is 16.1. The first-order valence-corrected chi connectivity index (χ1v) is 3.42. The molecule has 2 heteroatoms. The van der Waals surface area contributed by atoms with Gasteiger partial charge in [0.1, 0.15) is 0 Å². The van der Waals surface area contributed by atoms with Crippen molar-refractivity contribution in [3.05, 3.63) is 35.4 Å². The van der Waals surface area contributed by atoms with Crippen molar-refractivity contribution in [2.45, 2.75) is 13.5 Å². The third-order valence-electron chi connectivity index (χ3n) is 1.58. The Morgan fingerprint density at radius 1 is 1.45 bits per heavy atom. The van der Waals surface area contributed by atoms with E-state index in [1.54, 1.807) is 0 Å². The summed E-state index contributed by atoms with van der Waals surface area (Å²) in [7, 11) is 0. The molecule has 56 valence electrons. The Labute approximate surface area is 65.6 Å². The zero-order valence-corrected chi connectivity index (χ0v) is 6.37. The Hall–Kier alpha value is -1.40. The first-order chi connectivity index (χ1) is 5.34. The zero-order chi connectivity index (χ0) is 8.10. The van der Waals surface area contributed by atoms with E-state index in [2.05, 4.69) is 4.99 Å². The van der Waals surface area contributed by atoms with Gasteiger partial charge in [-0.1, -0.05) is 24.3 Å². The molecule has 2 nitrogen and oxygen atoms in total. The van der Waals surface area contributed by atoms with Gasteiger partial charge >= 0.3 is 0 Å². The fourth-order valence-electron chi connectivity index (χ4n) is 0.905. The maximum absolute atomic E-state index is 9.80. The summed E-state index contributed by atoms with van der Waals surface area (Å²) in [5, 5.41) is 0. The fourth-order valence-corrected chi connectivity index (χ4v) is 0.905. The maximum Gasteiger partial charge on any atom is 0.235 e. The molecule has 0 heterocycles. The molecule has 1 rings (SSSR count). The van der Waals surface area contributed by atoms with Gasteiger partial charge in [0, 0.05) is 0 Å².